The number of nitrogens with one attached hydrogen (secondary N) is 2. The van der Waals surface area contributed by atoms with Crippen molar-refractivity contribution in [2.45, 2.75) is 115 Å². The van der Waals surface area contributed by atoms with Crippen LogP contribution in [0.4, 0.5) is 28.3 Å². The summed E-state index contributed by atoms with van der Waals surface area (Å²) in [5.74, 6) is 0.409. The molecule has 8 heterocycles. The summed E-state index contributed by atoms with van der Waals surface area (Å²) < 4.78 is 9.73. The molecule has 2 atom stereocenters. The van der Waals surface area contributed by atoms with Gasteiger partial charge in [0.2, 0.25) is 11.9 Å². The van der Waals surface area contributed by atoms with Crippen LogP contribution in [0.5, 0.6) is 0 Å². The molecule has 2 saturated heterocycles. The zero-order chi connectivity index (χ0) is 51.0. The molecule has 2 aliphatic carbocycles. The van der Waals surface area contributed by atoms with Gasteiger partial charge in [-0.1, -0.05) is 25.7 Å². The van der Waals surface area contributed by atoms with Crippen LogP contribution in [-0.2, 0) is 4.74 Å². The Hall–Kier alpha value is -7.71. The average Bonchev–Trinajstić information content (AvgIpc) is 4.21. The molecule has 2 saturated carbocycles. The van der Waals surface area contributed by atoms with E-state index in [0.717, 1.165) is 80.6 Å². The molecule has 0 spiro atoms. The number of piperazine rings is 1. The second-order valence-electron chi connectivity index (χ2n) is 20.4. The molecule has 21 heteroatoms. The van der Waals surface area contributed by atoms with Crippen molar-refractivity contribution in [2.75, 3.05) is 51.9 Å². The number of carboxylic acid groups (broad SMARTS) is 1. The molecule has 72 heavy (non-hydrogen) atoms. The van der Waals surface area contributed by atoms with Gasteiger partial charge in [-0.3, -0.25) is 19.3 Å². The van der Waals surface area contributed by atoms with E-state index in [-0.39, 0.29) is 53.5 Å². The number of amides is 4. The van der Waals surface area contributed by atoms with E-state index in [1.54, 1.807) is 74.8 Å². The molecule has 6 aromatic heterocycles. The average molecular weight is 983 g/mol. The smallest absolute Gasteiger partial charge is 0.410 e. The summed E-state index contributed by atoms with van der Waals surface area (Å²) in [7, 11) is 6.99. The van der Waals surface area contributed by atoms with Crippen molar-refractivity contribution in [3.05, 3.63) is 83.7 Å². The van der Waals surface area contributed by atoms with Gasteiger partial charge in [-0.2, -0.15) is 9.97 Å². The second-order valence-corrected chi connectivity index (χ2v) is 20.4. The second kappa shape index (κ2) is 20.2. The molecule has 6 aromatic rings. The molecule has 2 unspecified atom stereocenters. The van der Waals surface area contributed by atoms with Crippen molar-refractivity contribution in [3.63, 3.8) is 0 Å². The Morgan fingerprint density at radius 1 is 0.611 bits per heavy atom. The van der Waals surface area contributed by atoms with Crippen LogP contribution in [0.25, 0.3) is 22.1 Å². The van der Waals surface area contributed by atoms with Crippen molar-refractivity contribution in [2.24, 2.45) is 0 Å². The number of nitrogens with zero attached hydrogens (tertiary/aromatic N) is 12. The highest BCUT2D eigenvalue weighted by Crippen LogP contribution is 2.37. The van der Waals surface area contributed by atoms with Gasteiger partial charge in [0.05, 0.1) is 23.2 Å². The summed E-state index contributed by atoms with van der Waals surface area (Å²) in [6.07, 6.45) is 16.2. The predicted molar refractivity (Wildman–Crippen MR) is 269 cm³/mol. The largest absolute Gasteiger partial charge is 0.478 e. The first kappa shape index (κ1) is 49.3. The zero-order valence-electron chi connectivity index (χ0n) is 41.8. The number of carbonyl (C=O) groups is 5. The molecule has 4 aliphatic rings. The van der Waals surface area contributed by atoms with Gasteiger partial charge in [-0.05, 0) is 95.7 Å². The standard InChI is InChI=1S/C31H40N8O4.C20H22N6O3/c1-31(2,3)43-30(42)38-22-11-12-23(38)18-37(17-22)27(40)19-10-13-25(32-15-19)34-29-33-16-20-14-24(28(41)36(4)5)39(26(20)35-29)21-8-6-7-9-21;1-25(2)18(27)15-9-13-11-22-20(23-16-8-7-12(10-21-16)19(28)29)24-17(13)26(15)14-5-3-4-6-14/h10,13-16,21-23H,6-9,11-12,17-18H2,1-5H3,(H,32,33,34,35);7-11,14H,3-6H2,1-2H3,(H,28,29)(H,21,22,23,24). The molecular formula is C51H62N14O7. The van der Waals surface area contributed by atoms with E-state index >= 15 is 0 Å². The summed E-state index contributed by atoms with van der Waals surface area (Å²) in [6, 6.07) is 10.6. The fourth-order valence-electron chi connectivity index (χ4n) is 10.3. The monoisotopic (exact) mass is 982 g/mol. The Balaban J connectivity index is 0.000000192. The molecule has 378 valence electrons. The summed E-state index contributed by atoms with van der Waals surface area (Å²) in [5, 5.41) is 16.8. The Morgan fingerprint density at radius 2 is 1.06 bits per heavy atom. The molecule has 3 N–H and O–H groups in total. The number of rotatable bonds is 10. The highest BCUT2D eigenvalue weighted by Gasteiger charge is 2.45. The number of hydrogen-bond acceptors (Lipinski definition) is 14. The van der Waals surface area contributed by atoms with Gasteiger partial charge in [0.1, 0.15) is 39.9 Å². The van der Waals surface area contributed by atoms with Crippen LogP contribution in [0, 0.1) is 0 Å². The van der Waals surface area contributed by atoms with Crippen LogP contribution < -0.4 is 10.6 Å². The van der Waals surface area contributed by atoms with E-state index in [2.05, 4.69) is 40.1 Å². The van der Waals surface area contributed by atoms with Crippen LogP contribution in [-0.4, -0.2) is 152 Å². The first-order valence-corrected chi connectivity index (χ1v) is 24.6. The quantitative estimate of drug-likeness (QED) is 0.119. The van der Waals surface area contributed by atoms with Crippen molar-refractivity contribution >= 4 is 75.4 Å². The first-order chi connectivity index (χ1) is 34.4. The van der Waals surface area contributed by atoms with Crippen molar-refractivity contribution in [1.82, 2.24) is 58.6 Å². The maximum absolute atomic E-state index is 13.4. The number of likely N-dealkylation sites (tertiary alicyclic amines) is 1. The molecule has 4 fully saturated rings. The summed E-state index contributed by atoms with van der Waals surface area (Å²) in [5.41, 5.74) is 2.70. The maximum Gasteiger partial charge on any atom is 0.410 e. The minimum atomic E-state index is -1.03. The number of carboxylic acids is 1. The number of ether oxygens (including phenoxy) is 1. The van der Waals surface area contributed by atoms with Gasteiger partial charge >= 0.3 is 12.1 Å². The lowest BCUT2D eigenvalue weighted by molar-refractivity contribution is -0.00338. The number of pyridine rings is 2. The van der Waals surface area contributed by atoms with E-state index in [0.29, 0.717) is 59.2 Å². The fourth-order valence-corrected chi connectivity index (χ4v) is 10.3. The van der Waals surface area contributed by atoms with Crippen LogP contribution in [0.15, 0.2) is 61.2 Å². The molecular weight excluding hydrogens is 921 g/mol. The Bertz CT molecular complexity index is 2990. The van der Waals surface area contributed by atoms with Gasteiger partial charge in [-0.25, -0.2) is 29.5 Å². The lowest BCUT2D eigenvalue weighted by Gasteiger charge is -2.41. The van der Waals surface area contributed by atoms with Crippen molar-refractivity contribution in [1.29, 1.82) is 0 Å². The van der Waals surface area contributed by atoms with Crippen molar-refractivity contribution in [3.8, 4) is 0 Å². The Kier molecular flexibility index (Phi) is 13.8. The van der Waals surface area contributed by atoms with Gasteiger partial charge in [0.15, 0.2) is 0 Å². The maximum atomic E-state index is 13.4. The van der Waals surface area contributed by atoms with E-state index in [1.807, 2.05) is 47.3 Å². The van der Waals surface area contributed by atoms with E-state index < -0.39 is 11.6 Å². The number of hydrogen-bond donors (Lipinski definition) is 3. The summed E-state index contributed by atoms with van der Waals surface area (Å²) in [6.45, 7) is 6.53. The topological polar surface area (TPSA) is 239 Å². The number of aromatic nitrogens is 8. The fraction of sp³-hybridized carbons (Fsp3) is 0.471. The van der Waals surface area contributed by atoms with E-state index in [1.165, 1.54) is 12.3 Å². The minimum absolute atomic E-state index is 0.0461. The first-order valence-electron chi connectivity index (χ1n) is 24.6. The predicted octanol–water partition coefficient (Wildman–Crippen LogP) is 7.70. The van der Waals surface area contributed by atoms with Crippen molar-refractivity contribution < 1.29 is 33.8 Å². The lowest BCUT2D eigenvalue weighted by Crippen LogP contribution is -2.57. The number of carbonyl (C=O) groups excluding carboxylic acids is 4. The molecule has 2 bridgehead atoms. The lowest BCUT2D eigenvalue weighted by atomic mass is 10.1. The number of anilines is 4. The Morgan fingerprint density at radius 3 is 1.44 bits per heavy atom. The summed E-state index contributed by atoms with van der Waals surface area (Å²) in [4.78, 5) is 96.4. The van der Waals surface area contributed by atoms with Crippen LogP contribution in [0.1, 0.15) is 139 Å². The van der Waals surface area contributed by atoms with E-state index in [4.69, 9.17) is 14.8 Å². The van der Waals surface area contributed by atoms with Gasteiger partial charge in [-0.15, -0.1) is 0 Å². The highest BCUT2D eigenvalue weighted by atomic mass is 16.6. The Labute approximate surface area is 417 Å². The minimum Gasteiger partial charge on any atom is -0.478 e. The number of fused-ring (bicyclic) bond motifs is 4. The molecule has 0 aromatic carbocycles. The van der Waals surface area contributed by atoms with Gasteiger partial charge in [0.25, 0.3) is 17.7 Å². The number of aromatic carboxylic acids is 1. The molecule has 4 amide bonds. The third-order valence-electron chi connectivity index (χ3n) is 13.7. The van der Waals surface area contributed by atoms with Crippen LogP contribution in [0.2, 0.25) is 0 Å². The van der Waals surface area contributed by atoms with Crippen LogP contribution in [0.3, 0.4) is 0 Å². The summed E-state index contributed by atoms with van der Waals surface area (Å²) >= 11 is 0. The molecule has 21 nitrogen and oxygen atoms in total. The SMILES string of the molecule is CN(C)C(=O)c1cc2cnc(Nc3ccc(C(=O)N4CC5CCC(C4)N5C(=O)OC(C)(C)C)cn3)nc2n1C1CCCC1.CN(C)C(=O)c1cc2cnc(Nc3ccc(C(=O)O)cn3)nc2n1C1CCCC1. The normalized spacial score (nSPS) is 18.0. The third kappa shape index (κ3) is 10.4. The van der Waals surface area contributed by atoms with Crippen LogP contribution >= 0.6 is 0 Å². The molecule has 2 aliphatic heterocycles. The zero-order valence-corrected chi connectivity index (χ0v) is 41.8. The van der Waals surface area contributed by atoms with Gasteiger partial charge < -0.3 is 44.3 Å². The highest BCUT2D eigenvalue weighted by molar-refractivity contribution is 5.99. The molecule has 0 radical (unpaired) electrons. The van der Waals surface area contributed by atoms with Gasteiger partial charge in [0, 0.05) is 88.9 Å². The molecule has 10 rings (SSSR count). The third-order valence-corrected chi connectivity index (χ3v) is 13.7. The van der Waals surface area contributed by atoms with E-state index in [9.17, 15) is 24.0 Å².